The van der Waals surface area contributed by atoms with Gasteiger partial charge in [0, 0.05) is 0 Å². The van der Waals surface area contributed by atoms with E-state index in [2.05, 4.69) is 65.0 Å². The van der Waals surface area contributed by atoms with Crippen LogP contribution in [0.25, 0.3) is 0 Å². The Morgan fingerprint density at radius 2 is 1.33 bits per heavy atom. The SMILES string of the molecule is CC(=Nc1ccccc1C(C)C)c1cccc(C(C)=Nc2c(C)cc(C)cc2C)n1. The highest BCUT2D eigenvalue weighted by Crippen LogP contribution is 2.27. The van der Waals surface area contributed by atoms with Crippen molar-refractivity contribution in [3.8, 4) is 0 Å². The molecular weight excluding hydrogens is 366 g/mol. The van der Waals surface area contributed by atoms with E-state index in [0.29, 0.717) is 5.92 Å². The second-order valence-corrected chi connectivity index (χ2v) is 8.26. The summed E-state index contributed by atoms with van der Waals surface area (Å²) in [7, 11) is 0. The zero-order valence-corrected chi connectivity index (χ0v) is 19.1. The van der Waals surface area contributed by atoms with E-state index in [1.807, 2.05) is 38.1 Å². The number of benzene rings is 2. The number of aryl methyl sites for hydroxylation is 3. The Hall–Kier alpha value is -3.07. The molecule has 30 heavy (non-hydrogen) atoms. The number of para-hydroxylation sites is 1. The third-order valence-corrected chi connectivity index (χ3v) is 5.25. The van der Waals surface area contributed by atoms with Crippen molar-refractivity contribution in [2.45, 2.75) is 54.4 Å². The molecule has 0 amide bonds. The number of nitrogens with zero attached hydrogens (tertiary/aromatic N) is 3. The van der Waals surface area contributed by atoms with E-state index in [-0.39, 0.29) is 0 Å². The summed E-state index contributed by atoms with van der Waals surface area (Å²) < 4.78 is 0. The Labute approximate surface area is 180 Å². The first kappa shape index (κ1) is 21.6. The van der Waals surface area contributed by atoms with Gasteiger partial charge in [-0.15, -0.1) is 0 Å². The van der Waals surface area contributed by atoms with Crippen molar-refractivity contribution in [3.63, 3.8) is 0 Å². The van der Waals surface area contributed by atoms with Gasteiger partial charge in [0.1, 0.15) is 0 Å². The maximum atomic E-state index is 4.91. The molecule has 0 unspecified atom stereocenters. The normalized spacial score (nSPS) is 12.5. The molecule has 0 N–H and O–H groups in total. The van der Waals surface area contributed by atoms with Crippen molar-refractivity contribution in [2.75, 3.05) is 0 Å². The van der Waals surface area contributed by atoms with Gasteiger partial charge in [0.25, 0.3) is 0 Å². The fourth-order valence-corrected chi connectivity index (χ4v) is 3.73. The second-order valence-electron chi connectivity index (χ2n) is 8.26. The molecule has 0 aliphatic carbocycles. The van der Waals surface area contributed by atoms with Gasteiger partial charge in [-0.25, -0.2) is 4.98 Å². The molecule has 0 atom stereocenters. The van der Waals surface area contributed by atoms with E-state index in [9.17, 15) is 0 Å². The van der Waals surface area contributed by atoms with Crippen molar-refractivity contribution in [3.05, 3.63) is 88.2 Å². The Morgan fingerprint density at radius 1 is 0.767 bits per heavy atom. The summed E-state index contributed by atoms with van der Waals surface area (Å²) in [6, 6.07) is 18.7. The van der Waals surface area contributed by atoms with Gasteiger partial charge in [-0.05, 0) is 75.4 Å². The lowest BCUT2D eigenvalue weighted by molar-refractivity contribution is 0.867. The van der Waals surface area contributed by atoms with Crippen LogP contribution in [0.1, 0.15) is 67.3 Å². The quantitative estimate of drug-likeness (QED) is 0.413. The average Bonchev–Trinajstić information content (AvgIpc) is 2.70. The van der Waals surface area contributed by atoms with Crippen LogP contribution in [0.2, 0.25) is 0 Å². The number of hydrogen-bond acceptors (Lipinski definition) is 3. The lowest BCUT2D eigenvalue weighted by Gasteiger charge is -2.11. The van der Waals surface area contributed by atoms with Crippen LogP contribution in [-0.2, 0) is 0 Å². The van der Waals surface area contributed by atoms with Crippen LogP contribution < -0.4 is 0 Å². The highest BCUT2D eigenvalue weighted by molar-refractivity contribution is 6.02. The van der Waals surface area contributed by atoms with E-state index in [1.165, 1.54) is 22.3 Å². The highest BCUT2D eigenvalue weighted by atomic mass is 14.8. The number of rotatable bonds is 5. The Balaban J connectivity index is 1.97. The molecule has 3 nitrogen and oxygen atoms in total. The monoisotopic (exact) mass is 397 g/mol. The van der Waals surface area contributed by atoms with Crippen LogP contribution in [0.3, 0.4) is 0 Å². The van der Waals surface area contributed by atoms with Gasteiger partial charge in [-0.3, -0.25) is 9.98 Å². The van der Waals surface area contributed by atoms with E-state index >= 15 is 0 Å². The Kier molecular flexibility index (Phi) is 6.61. The van der Waals surface area contributed by atoms with Gasteiger partial charge in [0.2, 0.25) is 0 Å². The minimum Gasteiger partial charge on any atom is -0.251 e. The van der Waals surface area contributed by atoms with Crippen molar-refractivity contribution >= 4 is 22.8 Å². The van der Waals surface area contributed by atoms with Crippen LogP contribution in [-0.4, -0.2) is 16.4 Å². The van der Waals surface area contributed by atoms with Crippen molar-refractivity contribution in [1.29, 1.82) is 0 Å². The maximum Gasteiger partial charge on any atom is 0.0849 e. The molecule has 1 aromatic heterocycles. The lowest BCUT2D eigenvalue weighted by Crippen LogP contribution is -2.05. The zero-order chi connectivity index (χ0) is 21.8. The fourth-order valence-electron chi connectivity index (χ4n) is 3.73. The van der Waals surface area contributed by atoms with Gasteiger partial charge in [0.05, 0.1) is 34.2 Å². The standard InChI is InChI=1S/C27H31N3/c1-17(2)23-11-8-9-12-26(23)28-21(6)24-13-10-14-25(30-24)22(7)29-27-19(4)15-18(3)16-20(27)5/h8-17H,1-7H3. The molecule has 2 aromatic carbocycles. The van der Waals surface area contributed by atoms with Crippen molar-refractivity contribution < 1.29 is 0 Å². The molecule has 0 spiro atoms. The van der Waals surface area contributed by atoms with Crippen molar-refractivity contribution in [1.82, 2.24) is 4.98 Å². The lowest BCUT2D eigenvalue weighted by atomic mass is 10.0. The summed E-state index contributed by atoms with van der Waals surface area (Å²) in [5.41, 5.74) is 10.5. The number of aliphatic imine (C=N–C) groups is 2. The van der Waals surface area contributed by atoms with E-state index < -0.39 is 0 Å². The van der Waals surface area contributed by atoms with E-state index in [0.717, 1.165) is 34.2 Å². The molecule has 154 valence electrons. The summed E-state index contributed by atoms with van der Waals surface area (Å²) in [5, 5.41) is 0. The number of hydrogen-bond donors (Lipinski definition) is 0. The smallest absolute Gasteiger partial charge is 0.0849 e. The Bertz CT molecular complexity index is 1100. The first-order valence-corrected chi connectivity index (χ1v) is 10.5. The summed E-state index contributed by atoms with van der Waals surface area (Å²) in [4.78, 5) is 14.6. The zero-order valence-electron chi connectivity index (χ0n) is 19.1. The molecule has 0 aliphatic heterocycles. The number of aromatic nitrogens is 1. The predicted octanol–water partition coefficient (Wildman–Crippen LogP) is 7.41. The number of pyridine rings is 1. The third kappa shape index (κ3) is 4.91. The Morgan fingerprint density at radius 3 is 1.93 bits per heavy atom. The third-order valence-electron chi connectivity index (χ3n) is 5.25. The molecule has 0 saturated carbocycles. The molecule has 0 radical (unpaired) electrons. The molecule has 1 heterocycles. The molecule has 3 heteroatoms. The van der Waals surface area contributed by atoms with Gasteiger partial charge in [-0.1, -0.05) is 55.8 Å². The van der Waals surface area contributed by atoms with Crippen LogP contribution in [0.4, 0.5) is 11.4 Å². The second kappa shape index (κ2) is 9.17. The molecule has 0 fully saturated rings. The molecule has 3 aromatic rings. The first-order valence-electron chi connectivity index (χ1n) is 10.5. The van der Waals surface area contributed by atoms with E-state index in [4.69, 9.17) is 15.0 Å². The average molecular weight is 398 g/mol. The van der Waals surface area contributed by atoms with Crippen molar-refractivity contribution in [2.24, 2.45) is 9.98 Å². The van der Waals surface area contributed by atoms with Gasteiger partial charge >= 0.3 is 0 Å². The topological polar surface area (TPSA) is 37.6 Å². The fraction of sp³-hybridized carbons (Fsp3) is 0.296. The van der Waals surface area contributed by atoms with Gasteiger partial charge in [0.15, 0.2) is 0 Å². The minimum atomic E-state index is 0.424. The largest absolute Gasteiger partial charge is 0.251 e. The maximum absolute atomic E-state index is 4.91. The predicted molar refractivity (Wildman–Crippen MR) is 129 cm³/mol. The highest BCUT2D eigenvalue weighted by Gasteiger charge is 2.09. The van der Waals surface area contributed by atoms with E-state index in [1.54, 1.807) is 0 Å². The molecule has 0 bridgehead atoms. The summed E-state index contributed by atoms with van der Waals surface area (Å²) in [5.74, 6) is 0.424. The van der Waals surface area contributed by atoms with Gasteiger partial charge in [-0.2, -0.15) is 0 Å². The summed E-state index contributed by atoms with van der Waals surface area (Å²) >= 11 is 0. The van der Waals surface area contributed by atoms with Crippen LogP contribution >= 0.6 is 0 Å². The molecular formula is C27H31N3. The van der Waals surface area contributed by atoms with Crippen LogP contribution in [0, 0.1) is 20.8 Å². The molecule has 0 saturated heterocycles. The van der Waals surface area contributed by atoms with Crippen LogP contribution in [0.15, 0.2) is 64.6 Å². The summed E-state index contributed by atoms with van der Waals surface area (Å²) in [6.45, 7) is 14.8. The van der Waals surface area contributed by atoms with Crippen LogP contribution in [0.5, 0.6) is 0 Å². The van der Waals surface area contributed by atoms with Gasteiger partial charge < -0.3 is 0 Å². The molecule has 0 aliphatic rings. The summed E-state index contributed by atoms with van der Waals surface area (Å²) in [6.07, 6.45) is 0. The molecule has 3 rings (SSSR count). The minimum absolute atomic E-state index is 0.424. The first-order chi connectivity index (χ1) is 14.3.